The summed E-state index contributed by atoms with van der Waals surface area (Å²) in [6, 6.07) is 5.37. The lowest BCUT2D eigenvalue weighted by Crippen LogP contribution is -2.53. The summed E-state index contributed by atoms with van der Waals surface area (Å²) in [4.78, 5) is 0. The van der Waals surface area contributed by atoms with E-state index >= 15 is 0 Å². The van der Waals surface area contributed by atoms with Crippen molar-refractivity contribution in [2.24, 2.45) is 5.41 Å². The molecule has 19 heavy (non-hydrogen) atoms. The Kier molecular flexibility index (Phi) is 4.22. The molecule has 106 valence electrons. The Morgan fingerprint density at radius 3 is 2.58 bits per heavy atom. The number of nitrogens with one attached hydrogen (secondary N) is 1. The zero-order chi connectivity index (χ0) is 14.1. The average molecular weight is 284 g/mol. The minimum absolute atomic E-state index is 0.0896. The van der Waals surface area contributed by atoms with Crippen LogP contribution >= 0.6 is 11.6 Å². The van der Waals surface area contributed by atoms with Crippen LogP contribution in [0.2, 0.25) is 5.02 Å². The van der Waals surface area contributed by atoms with Crippen molar-refractivity contribution in [3.8, 4) is 0 Å². The summed E-state index contributed by atoms with van der Waals surface area (Å²) in [5, 5.41) is 3.68. The molecule has 1 fully saturated rings. The molecule has 1 aromatic rings. The lowest BCUT2D eigenvalue weighted by molar-refractivity contribution is 0.0537. The molecule has 0 aromatic heterocycles. The van der Waals surface area contributed by atoms with E-state index in [4.69, 9.17) is 11.6 Å². The van der Waals surface area contributed by atoms with Gasteiger partial charge in [-0.15, -0.1) is 0 Å². The molecule has 2 rings (SSSR count). The van der Waals surface area contributed by atoms with Crippen LogP contribution in [0, 0.1) is 11.2 Å². The van der Waals surface area contributed by atoms with Crippen molar-refractivity contribution < 1.29 is 4.39 Å². The highest BCUT2D eigenvalue weighted by Crippen LogP contribution is 2.55. The monoisotopic (exact) mass is 283 g/mol. The van der Waals surface area contributed by atoms with Gasteiger partial charge in [-0.3, -0.25) is 0 Å². The van der Waals surface area contributed by atoms with Gasteiger partial charge in [-0.2, -0.15) is 0 Å². The fourth-order valence-electron chi connectivity index (χ4n) is 3.61. The van der Waals surface area contributed by atoms with Crippen LogP contribution in [0.4, 0.5) is 4.39 Å². The van der Waals surface area contributed by atoms with Crippen LogP contribution in [-0.2, 0) is 5.41 Å². The van der Waals surface area contributed by atoms with Crippen LogP contribution < -0.4 is 5.32 Å². The number of hydrogen-bond acceptors (Lipinski definition) is 1. The van der Waals surface area contributed by atoms with Crippen LogP contribution in [0.3, 0.4) is 0 Å². The Morgan fingerprint density at radius 1 is 1.32 bits per heavy atom. The molecule has 0 saturated heterocycles. The maximum Gasteiger partial charge on any atom is 0.145 e. The largest absolute Gasteiger partial charge is 0.316 e. The molecule has 1 aromatic carbocycles. The van der Waals surface area contributed by atoms with E-state index in [2.05, 4.69) is 26.1 Å². The molecule has 1 N–H and O–H groups in total. The van der Waals surface area contributed by atoms with Crippen molar-refractivity contribution >= 4 is 11.6 Å². The average Bonchev–Trinajstić information content (AvgIpc) is 2.30. The molecule has 0 spiro atoms. The van der Waals surface area contributed by atoms with Crippen molar-refractivity contribution in [1.82, 2.24) is 5.32 Å². The smallest absolute Gasteiger partial charge is 0.145 e. The van der Waals surface area contributed by atoms with E-state index in [9.17, 15) is 4.39 Å². The van der Waals surface area contributed by atoms with Gasteiger partial charge in [0.25, 0.3) is 0 Å². The van der Waals surface area contributed by atoms with Crippen LogP contribution in [0.15, 0.2) is 18.2 Å². The minimum atomic E-state index is -0.238. The minimum Gasteiger partial charge on any atom is -0.316 e. The molecule has 0 amide bonds. The fraction of sp³-hybridized carbons (Fsp3) is 0.625. The van der Waals surface area contributed by atoms with E-state index in [0.29, 0.717) is 5.41 Å². The summed E-state index contributed by atoms with van der Waals surface area (Å²) in [5.74, 6) is -0.238. The molecule has 0 aliphatic heterocycles. The Bertz CT molecular complexity index is 448. The van der Waals surface area contributed by atoms with Gasteiger partial charge in [0.05, 0.1) is 5.02 Å². The van der Waals surface area contributed by atoms with Crippen molar-refractivity contribution in [3.05, 3.63) is 34.6 Å². The van der Waals surface area contributed by atoms with Crippen molar-refractivity contribution in [1.29, 1.82) is 0 Å². The lowest BCUT2D eigenvalue weighted by Gasteiger charge is -2.54. The van der Waals surface area contributed by atoms with E-state index < -0.39 is 0 Å². The van der Waals surface area contributed by atoms with Gasteiger partial charge in [-0.1, -0.05) is 44.5 Å². The van der Waals surface area contributed by atoms with Gasteiger partial charge in [0.2, 0.25) is 0 Å². The Balaban J connectivity index is 2.26. The standard InChI is InChI=1S/C16H23ClFN/c1-4-8-19-11-16(9-15(2,3)10-16)12-6-5-7-13(17)14(12)18/h5-7,19H,4,8-11H2,1-3H3. The van der Waals surface area contributed by atoms with Crippen LogP contribution in [0.5, 0.6) is 0 Å². The summed E-state index contributed by atoms with van der Waals surface area (Å²) < 4.78 is 14.3. The van der Waals surface area contributed by atoms with Crippen LogP contribution in [0.25, 0.3) is 0 Å². The van der Waals surface area contributed by atoms with E-state index in [1.54, 1.807) is 6.07 Å². The summed E-state index contributed by atoms with van der Waals surface area (Å²) in [6.45, 7) is 8.44. The SMILES string of the molecule is CCCNCC1(c2cccc(Cl)c2F)CC(C)(C)C1. The second-order valence-electron chi connectivity index (χ2n) is 6.58. The number of benzene rings is 1. The summed E-state index contributed by atoms with van der Waals surface area (Å²) in [7, 11) is 0. The van der Waals surface area contributed by atoms with Gasteiger partial charge in [-0.05, 0) is 42.9 Å². The molecule has 1 aliphatic carbocycles. The van der Waals surface area contributed by atoms with E-state index in [0.717, 1.165) is 37.9 Å². The Morgan fingerprint density at radius 2 is 2.00 bits per heavy atom. The Hall–Kier alpha value is -0.600. The zero-order valence-corrected chi connectivity index (χ0v) is 12.8. The van der Waals surface area contributed by atoms with Gasteiger partial charge in [0, 0.05) is 12.0 Å². The molecule has 0 unspecified atom stereocenters. The first kappa shape index (κ1) is 14.8. The number of hydrogen-bond donors (Lipinski definition) is 1. The Labute approximate surface area is 120 Å². The molecule has 3 heteroatoms. The zero-order valence-electron chi connectivity index (χ0n) is 12.0. The summed E-state index contributed by atoms with van der Waals surface area (Å²) in [6.07, 6.45) is 3.11. The third-order valence-corrected chi connectivity index (χ3v) is 4.34. The molecule has 0 bridgehead atoms. The topological polar surface area (TPSA) is 12.0 Å². The van der Waals surface area contributed by atoms with Crippen molar-refractivity contribution in [3.63, 3.8) is 0 Å². The molecular formula is C16H23ClFN. The van der Waals surface area contributed by atoms with Gasteiger partial charge in [0.15, 0.2) is 0 Å². The van der Waals surface area contributed by atoms with E-state index in [1.807, 2.05) is 12.1 Å². The summed E-state index contributed by atoms with van der Waals surface area (Å²) >= 11 is 5.94. The maximum atomic E-state index is 14.3. The highest BCUT2D eigenvalue weighted by Gasteiger charge is 2.51. The van der Waals surface area contributed by atoms with Gasteiger partial charge >= 0.3 is 0 Å². The van der Waals surface area contributed by atoms with Gasteiger partial charge in [0.1, 0.15) is 5.82 Å². The second-order valence-corrected chi connectivity index (χ2v) is 6.98. The number of halogens is 2. The molecule has 1 saturated carbocycles. The second kappa shape index (κ2) is 5.41. The normalized spacial score (nSPS) is 20.1. The van der Waals surface area contributed by atoms with Crippen molar-refractivity contribution in [2.45, 2.75) is 45.4 Å². The molecule has 0 heterocycles. The highest BCUT2D eigenvalue weighted by molar-refractivity contribution is 6.30. The van der Waals surface area contributed by atoms with E-state index in [-0.39, 0.29) is 16.3 Å². The first-order valence-corrected chi connectivity index (χ1v) is 7.43. The molecule has 1 aliphatic rings. The van der Waals surface area contributed by atoms with E-state index in [1.165, 1.54) is 0 Å². The predicted molar refractivity (Wildman–Crippen MR) is 79.3 cm³/mol. The number of rotatable bonds is 5. The molecule has 1 nitrogen and oxygen atoms in total. The first-order chi connectivity index (χ1) is 8.90. The lowest BCUT2D eigenvalue weighted by atomic mass is 9.52. The van der Waals surface area contributed by atoms with Gasteiger partial charge in [-0.25, -0.2) is 4.39 Å². The molecule has 0 atom stereocenters. The molecule has 0 radical (unpaired) electrons. The predicted octanol–water partition coefficient (Wildman–Crippen LogP) is 4.54. The van der Waals surface area contributed by atoms with Gasteiger partial charge < -0.3 is 5.32 Å². The van der Waals surface area contributed by atoms with Crippen LogP contribution in [-0.4, -0.2) is 13.1 Å². The summed E-state index contributed by atoms with van der Waals surface area (Å²) in [5.41, 5.74) is 0.985. The quantitative estimate of drug-likeness (QED) is 0.783. The molecular weight excluding hydrogens is 261 g/mol. The van der Waals surface area contributed by atoms with Crippen molar-refractivity contribution in [2.75, 3.05) is 13.1 Å². The highest BCUT2D eigenvalue weighted by atomic mass is 35.5. The third-order valence-electron chi connectivity index (χ3n) is 4.05. The van der Waals surface area contributed by atoms with Crippen LogP contribution in [0.1, 0.15) is 45.6 Å². The third kappa shape index (κ3) is 2.95. The fourth-order valence-corrected chi connectivity index (χ4v) is 3.78. The first-order valence-electron chi connectivity index (χ1n) is 7.05. The maximum absolute atomic E-state index is 14.3.